The predicted octanol–water partition coefficient (Wildman–Crippen LogP) is 1.91. The Labute approximate surface area is 91.1 Å². The summed E-state index contributed by atoms with van der Waals surface area (Å²) in [6, 6.07) is 7.65. The van der Waals surface area contributed by atoms with Gasteiger partial charge in [0.25, 0.3) is 0 Å². The summed E-state index contributed by atoms with van der Waals surface area (Å²) >= 11 is 0. The fourth-order valence-corrected chi connectivity index (χ4v) is 1.30. The number of hydrogen-bond acceptors (Lipinski definition) is 3. The first-order chi connectivity index (χ1) is 7.24. The Bertz CT molecular complexity index is 289. The van der Waals surface area contributed by atoms with Gasteiger partial charge in [0.2, 0.25) is 0 Å². The van der Waals surface area contributed by atoms with E-state index in [0.717, 1.165) is 12.2 Å². The topological polar surface area (TPSA) is 41.5 Å². The largest absolute Gasteiger partial charge is 0.508 e. The Morgan fingerprint density at radius 3 is 2.80 bits per heavy atom. The Morgan fingerprint density at radius 2 is 2.13 bits per heavy atom. The Kier molecular flexibility index (Phi) is 5.15. The Hall–Kier alpha value is -1.06. The highest BCUT2D eigenvalue weighted by atomic mass is 16.5. The van der Waals surface area contributed by atoms with Crippen LogP contribution in [0.25, 0.3) is 0 Å². The molecule has 0 aliphatic rings. The van der Waals surface area contributed by atoms with Crippen LogP contribution in [0.4, 0.5) is 0 Å². The van der Waals surface area contributed by atoms with Gasteiger partial charge in [-0.25, -0.2) is 0 Å². The van der Waals surface area contributed by atoms with E-state index in [1.807, 2.05) is 25.1 Å². The summed E-state index contributed by atoms with van der Waals surface area (Å²) in [5, 5.41) is 12.8. The highest BCUT2D eigenvalue weighted by Gasteiger charge is 2.03. The van der Waals surface area contributed by atoms with Crippen LogP contribution >= 0.6 is 0 Å². The minimum Gasteiger partial charge on any atom is -0.508 e. The smallest absolute Gasteiger partial charge is 0.120 e. The van der Waals surface area contributed by atoms with Gasteiger partial charge in [0.1, 0.15) is 5.75 Å². The molecule has 1 aromatic carbocycles. The monoisotopic (exact) mass is 209 g/mol. The highest BCUT2D eigenvalue weighted by molar-refractivity contribution is 5.31. The lowest BCUT2D eigenvalue weighted by atomic mass is 10.2. The second-order valence-electron chi connectivity index (χ2n) is 3.57. The molecule has 1 rings (SSSR count). The molecule has 3 heteroatoms. The van der Waals surface area contributed by atoms with Gasteiger partial charge in [-0.1, -0.05) is 18.2 Å². The number of phenols is 1. The molecule has 0 saturated heterocycles. The fraction of sp³-hybridized carbons (Fsp3) is 0.500. The molecule has 2 N–H and O–H groups in total. The molecule has 0 saturated carbocycles. The van der Waals surface area contributed by atoms with E-state index in [1.165, 1.54) is 0 Å². The number of ether oxygens (including phenoxy) is 1. The summed E-state index contributed by atoms with van der Waals surface area (Å²) in [4.78, 5) is 0. The molecule has 0 aromatic heterocycles. The number of nitrogens with one attached hydrogen (secondary N) is 1. The van der Waals surface area contributed by atoms with Crippen molar-refractivity contribution in [3.8, 4) is 5.75 Å². The SMILES string of the molecule is CCOCC(C)NCc1ccccc1O. The zero-order valence-corrected chi connectivity index (χ0v) is 9.36. The van der Waals surface area contributed by atoms with Gasteiger partial charge in [-0.2, -0.15) is 0 Å². The Balaban J connectivity index is 2.33. The number of benzene rings is 1. The number of para-hydroxylation sites is 1. The van der Waals surface area contributed by atoms with Crippen molar-refractivity contribution in [3.63, 3.8) is 0 Å². The maximum Gasteiger partial charge on any atom is 0.120 e. The summed E-state index contributed by atoms with van der Waals surface area (Å²) < 4.78 is 5.29. The van der Waals surface area contributed by atoms with E-state index >= 15 is 0 Å². The summed E-state index contributed by atoms with van der Waals surface area (Å²) in [5.74, 6) is 0.341. The molecule has 0 radical (unpaired) electrons. The zero-order valence-electron chi connectivity index (χ0n) is 9.36. The van der Waals surface area contributed by atoms with Gasteiger partial charge in [0.15, 0.2) is 0 Å². The van der Waals surface area contributed by atoms with E-state index in [2.05, 4.69) is 12.2 Å². The first-order valence-electron chi connectivity index (χ1n) is 5.32. The average Bonchev–Trinajstić information content (AvgIpc) is 2.25. The van der Waals surface area contributed by atoms with Crippen molar-refractivity contribution in [2.75, 3.05) is 13.2 Å². The van der Waals surface area contributed by atoms with Crippen molar-refractivity contribution >= 4 is 0 Å². The molecule has 1 aromatic rings. The maximum absolute atomic E-state index is 9.53. The minimum absolute atomic E-state index is 0.296. The van der Waals surface area contributed by atoms with Crippen LogP contribution in [0.5, 0.6) is 5.75 Å². The third kappa shape index (κ3) is 4.32. The average molecular weight is 209 g/mol. The summed E-state index contributed by atoms with van der Waals surface area (Å²) in [7, 11) is 0. The maximum atomic E-state index is 9.53. The van der Waals surface area contributed by atoms with Gasteiger partial charge in [0, 0.05) is 24.8 Å². The van der Waals surface area contributed by atoms with Crippen molar-refractivity contribution in [1.82, 2.24) is 5.32 Å². The molecule has 0 heterocycles. The van der Waals surface area contributed by atoms with E-state index in [-0.39, 0.29) is 0 Å². The lowest BCUT2D eigenvalue weighted by Gasteiger charge is -2.14. The van der Waals surface area contributed by atoms with Crippen LogP contribution in [0.15, 0.2) is 24.3 Å². The third-order valence-corrected chi connectivity index (χ3v) is 2.20. The van der Waals surface area contributed by atoms with E-state index in [9.17, 15) is 5.11 Å². The molecule has 0 aliphatic heterocycles. The quantitative estimate of drug-likeness (QED) is 0.752. The van der Waals surface area contributed by atoms with E-state index in [4.69, 9.17) is 4.74 Å². The van der Waals surface area contributed by atoms with Crippen LogP contribution in [-0.2, 0) is 11.3 Å². The lowest BCUT2D eigenvalue weighted by Crippen LogP contribution is -2.30. The van der Waals surface area contributed by atoms with Crippen molar-refractivity contribution in [3.05, 3.63) is 29.8 Å². The van der Waals surface area contributed by atoms with Crippen LogP contribution < -0.4 is 5.32 Å². The van der Waals surface area contributed by atoms with Crippen LogP contribution in [0.2, 0.25) is 0 Å². The summed E-state index contributed by atoms with van der Waals surface area (Å²) in [5.41, 5.74) is 0.917. The first kappa shape index (κ1) is 12.0. The second-order valence-corrected chi connectivity index (χ2v) is 3.57. The number of aromatic hydroxyl groups is 1. The molecule has 0 fully saturated rings. The van der Waals surface area contributed by atoms with Crippen molar-refractivity contribution in [2.24, 2.45) is 0 Å². The molecule has 0 bridgehead atoms. The van der Waals surface area contributed by atoms with E-state index < -0.39 is 0 Å². The molecule has 3 nitrogen and oxygen atoms in total. The first-order valence-corrected chi connectivity index (χ1v) is 5.32. The van der Waals surface area contributed by atoms with Gasteiger partial charge >= 0.3 is 0 Å². The second kappa shape index (κ2) is 6.43. The van der Waals surface area contributed by atoms with Crippen LogP contribution in [0, 0.1) is 0 Å². The molecule has 15 heavy (non-hydrogen) atoms. The van der Waals surface area contributed by atoms with Crippen LogP contribution in [0.3, 0.4) is 0 Å². The molecular weight excluding hydrogens is 190 g/mol. The van der Waals surface area contributed by atoms with Gasteiger partial charge in [-0.3, -0.25) is 0 Å². The zero-order chi connectivity index (χ0) is 11.1. The van der Waals surface area contributed by atoms with Crippen molar-refractivity contribution in [2.45, 2.75) is 26.4 Å². The van der Waals surface area contributed by atoms with Gasteiger partial charge in [-0.05, 0) is 19.9 Å². The summed E-state index contributed by atoms with van der Waals surface area (Å²) in [6.07, 6.45) is 0. The molecule has 0 aliphatic carbocycles. The molecular formula is C12H19NO2. The van der Waals surface area contributed by atoms with Gasteiger partial charge in [-0.15, -0.1) is 0 Å². The molecule has 1 unspecified atom stereocenters. The number of phenolic OH excluding ortho intramolecular Hbond substituents is 1. The van der Waals surface area contributed by atoms with Crippen molar-refractivity contribution < 1.29 is 9.84 Å². The number of rotatable bonds is 6. The minimum atomic E-state index is 0.296. The van der Waals surface area contributed by atoms with Gasteiger partial charge in [0.05, 0.1) is 6.61 Å². The highest BCUT2D eigenvalue weighted by Crippen LogP contribution is 2.14. The predicted molar refractivity (Wildman–Crippen MR) is 60.9 cm³/mol. The van der Waals surface area contributed by atoms with E-state index in [0.29, 0.717) is 24.9 Å². The Morgan fingerprint density at radius 1 is 1.40 bits per heavy atom. The van der Waals surface area contributed by atoms with Crippen molar-refractivity contribution in [1.29, 1.82) is 0 Å². The lowest BCUT2D eigenvalue weighted by molar-refractivity contribution is 0.127. The molecule has 1 atom stereocenters. The fourth-order valence-electron chi connectivity index (χ4n) is 1.30. The number of hydrogen-bond donors (Lipinski definition) is 2. The van der Waals surface area contributed by atoms with E-state index in [1.54, 1.807) is 6.07 Å². The van der Waals surface area contributed by atoms with Crippen LogP contribution in [-0.4, -0.2) is 24.4 Å². The van der Waals surface area contributed by atoms with Crippen LogP contribution in [0.1, 0.15) is 19.4 Å². The molecule has 0 spiro atoms. The molecule has 84 valence electrons. The third-order valence-electron chi connectivity index (χ3n) is 2.20. The summed E-state index contributed by atoms with van der Waals surface area (Å²) in [6.45, 7) is 6.15. The standard InChI is InChI=1S/C12H19NO2/c1-3-15-9-10(2)13-8-11-6-4-5-7-12(11)14/h4-7,10,13-14H,3,8-9H2,1-2H3. The van der Waals surface area contributed by atoms with Gasteiger partial charge < -0.3 is 15.2 Å². The molecule has 0 amide bonds. The normalized spacial score (nSPS) is 12.7.